The molecule has 0 saturated heterocycles. The largest absolute Gasteiger partial charge is 0.390 e. The van der Waals surface area contributed by atoms with Crippen LogP contribution in [0.4, 0.5) is 0 Å². The Morgan fingerprint density at radius 3 is 2.62 bits per heavy atom. The van der Waals surface area contributed by atoms with Gasteiger partial charge in [-0.1, -0.05) is 23.7 Å². The van der Waals surface area contributed by atoms with E-state index in [4.69, 9.17) is 16.7 Å². The molecule has 2 aliphatic rings. The minimum Gasteiger partial charge on any atom is -0.390 e. The van der Waals surface area contributed by atoms with Crippen molar-refractivity contribution in [1.82, 2.24) is 20.3 Å². The summed E-state index contributed by atoms with van der Waals surface area (Å²) in [6.07, 6.45) is 4.90. The molecule has 7 heteroatoms. The van der Waals surface area contributed by atoms with Gasteiger partial charge in [0.15, 0.2) is 0 Å². The van der Waals surface area contributed by atoms with Crippen molar-refractivity contribution < 1.29 is 9.90 Å². The number of carbonyl (C=O) groups excluding carboxylic acids is 1. The van der Waals surface area contributed by atoms with Crippen LogP contribution in [-0.4, -0.2) is 32.0 Å². The van der Waals surface area contributed by atoms with E-state index in [-0.39, 0.29) is 18.6 Å². The Bertz CT molecular complexity index is 779. The summed E-state index contributed by atoms with van der Waals surface area (Å²) in [4.78, 5) is 12.5. The van der Waals surface area contributed by atoms with E-state index < -0.39 is 0 Å². The molecule has 0 bridgehead atoms. The quantitative estimate of drug-likeness (QED) is 0.814. The molecule has 26 heavy (non-hydrogen) atoms. The third-order valence-electron chi connectivity index (χ3n) is 5.91. The molecule has 2 N–H and O–H groups in total. The van der Waals surface area contributed by atoms with Gasteiger partial charge in [-0.15, -0.1) is 5.10 Å². The van der Waals surface area contributed by atoms with Crippen LogP contribution in [0.2, 0.25) is 5.02 Å². The molecule has 1 aromatic heterocycles. The Balaban J connectivity index is 1.35. The molecule has 1 aromatic carbocycles. The van der Waals surface area contributed by atoms with Crippen LogP contribution >= 0.6 is 11.6 Å². The third-order valence-corrected chi connectivity index (χ3v) is 6.16. The first-order chi connectivity index (χ1) is 12.6. The number of aliphatic hydroxyl groups excluding tert-OH is 1. The Morgan fingerprint density at radius 1 is 1.35 bits per heavy atom. The number of rotatable bonds is 6. The molecule has 1 unspecified atom stereocenters. The second-order valence-corrected chi connectivity index (χ2v) is 7.81. The van der Waals surface area contributed by atoms with Crippen LogP contribution in [0, 0.1) is 17.8 Å². The summed E-state index contributed by atoms with van der Waals surface area (Å²) in [5.74, 6) is 1.79. The van der Waals surface area contributed by atoms with Crippen LogP contribution < -0.4 is 5.32 Å². The van der Waals surface area contributed by atoms with E-state index in [1.807, 2.05) is 10.9 Å². The fraction of sp³-hybridized carbons (Fsp3) is 0.526. The average molecular weight is 375 g/mol. The first-order valence-electron chi connectivity index (χ1n) is 9.18. The standard InChI is InChI=1S/C19H23ClN4O2/c1-2-17(21-19(26)11-3-5-12(20)6-4-11)18-15-7-14(8-16(15)18)24-9-13(10-25)22-23-24/h3-6,9,14-18,25H,2,7-8,10H2,1H3,(H,21,26)/t14-,15-,16+,17?,18+. The number of aliphatic hydroxyl groups is 1. The minimum atomic E-state index is -0.0726. The summed E-state index contributed by atoms with van der Waals surface area (Å²) in [7, 11) is 0. The Labute approximate surface area is 157 Å². The van der Waals surface area contributed by atoms with Gasteiger partial charge in [-0.25, -0.2) is 4.68 Å². The van der Waals surface area contributed by atoms with Gasteiger partial charge >= 0.3 is 0 Å². The summed E-state index contributed by atoms with van der Waals surface area (Å²) in [6.45, 7) is 2.06. The van der Waals surface area contributed by atoms with Crippen molar-refractivity contribution in [2.45, 2.75) is 44.9 Å². The molecule has 2 fully saturated rings. The Morgan fingerprint density at radius 2 is 2.04 bits per heavy atom. The molecule has 0 spiro atoms. The normalized spacial score (nSPS) is 27.8. The summed E-state index contributed by atoms with van der Waals surface area (Å²) >= 11 is 5.89. The predicted octanol–water partition coefficient (Wildman–Crippen LogP) is 2.83. The molecular weight excluding hydrogens is 352 g/mol. The number of hydrogen-bond donors (Lipinski definition) is 2. The SMILES string of the molecule is CCC(NC(=O)c1ccc(Cl)cc1)[C@H]1[C@@H]2C[C@@H](n3cc(CO)nn3)C[C@@H]21. The second-order valence-electron chi connectivity index (χ2n) is 7.37. The van der Waals surface area contributed by atoms with Gasteiger partial charge in [0.05, 0.1) is 18.8 Å². The van der Waals surface area contributed by atoms with Crippen molar-refractivity contribution >= 4 is 17.5 Å². The maximum absolute atomic E-state index is 12.5. The maximum Gasteiger partial charge on any atom is 0.251 e. The summed E-state index contributed by atoms with van der Waals surface area (Å²) in [5, 5.41) is 21.1. The number of halogens is 1. The van der Waals surface area contributed by atoms with Gasteiger partial charge in [0, 0.05) is 16.6 Å². The van der Waals surface area contributed by atoms with Crippen LogP contribution in [0.1, 0.15) is 48.3 Å². The van der Waals surface area contributed by atoms with Crippen LogP contribution in [0.5, 0.6) is 0 Å². The van der Waals surface area contributed by atoms with Gasteiger partial charge < -0.3 is 10.4 Å². The summed E-state index contributed by atoms with van der Waals surface area (Å²) in [5.41, 5.74) is 1.26. The van der Waals surface area contributed by atoms with Gasteiger partial charge in [-0.2, -0.15) is 0 Å². The molecule has 1 heterocycles. The van der Waals surface area contributed by atoms with Crippen molar-refractivity contribution in [3.8, 4) is 0 Å². The number of carbonyl (C=O) groups is 1. The molecule has 6 nitrogen and oxygen atoms in total. The van der Waals surface area contributed by atoms with E-state index in [2.05, 4.69) is 22.6 Å². The van der Waals surface area contributed by atoms with Crippen LogP contribution in [0.25, 0.3) is 0 Å². The lowest BCUT2D eigenvalue weighted by molar-refractivity contribution is 0.0926. The highest BCUT2D eigenvalue weighted by Gasteiger charge is 2.59. The van der Waals surface area contributed by atoms with Gasteiger partial charge in [-0.05, 0) is 61.3 Å². The van der Waals surface area contributed by atoms with E-state index in [0.29, 0.717) is 40.1 Å². The highest BCUT2D eigenvalue weighted by Crippen LogP contribution is 2.62. The average Bonchev–Trinajstić information content (AvgIpc) is 3.04. The summed E-state index contributed by atoms with van der Waals surface area (Å²) in [6, 6.07) is 7.57. The first-order valence-corrected chi connectivity index (χ1v) is 9.56. The molecule has 2 saturated carbocycles. The van der Waals surface area contributed by atoms with E-state index >= 15 is 0 Å². The fourth-order valence-electron chi connectivity index (χ4n) is 4.56. The molecule has 138 valence electrons. The van der Waals surface area contributed by atoms with Gasteiger partial charge in [-0.3, -0.25) is 4.79 Å². The smallest absolute Gasteiger partial charge is 0.251 e. The maximum atomic E-state index is 12.5. The van der Waals surface area contributed by atoms with Gasteiger partial charge in [0.25, 0.3) is 5.91 Å². The number of hydrogen-bond acceptors (Lipinski definition) is 4. The van der Waals surface area contributed by atoms with Crippen molar-refractivity contribution in [1.29, 1.82) is 0 Å². The monoisotopic (exact) mass is 374 g/mol. The molecule has 5 atom stereocenters. The fourth-order valence-corrected chi connectivity index (χ4v) is 4.69. The lowest BCUT2D eigenvalue weighted by atomic mass is 9.99. The molecule has 4 rings (SSSR count). The summed E-state index contributed by atoms with van der Waals surface area (Å²) < 4.78 is 1.89. The van der Waals surface area contributed by atoms with Gasteiger partial charge in [0.2, 0.25) is 0 Å². The number of nitrogens with zero attached hydrogens (tertiary/aromatic N) is 3. The molecule has 2 aliphatic carbocycles. The number of aromatic nitrogens is 3. The van der Waals surface area contributed by atoms with Crippen LogP contribution in [0.3, 0.4) is 0 Å². The Hall–Kier alpha value is -1.92. The molecule has 0 aliphatic heterocycles. The number of fused-ring (bicyclic) bond motifs is 1. The second kappa shape index (κ2) is 7.00. The van der Waals surface area contributed by atoms with E-state index in [1.165, 1.54) is 0 Å². The van der Waals surface area contributed by atoms with Crippen molar-refractivity contribution in [2.24, 2.45) is 17.8 Å². The van der Waals surface area contributed by atoms with E-state index in [1.54, 1.807) is 24.3 Å². The van der Waals surface area contributed by atoms with Crippen molar-refractivity contribution in [2.75, 3.05) is 0 Å². The predicted molar refractivity (Wildman–Crippen MR) is 97.7 cm³/mol. The zero-order valence-corrected chi connectivity index (χ0v) is 15.4. The molecule has 1 amide bonds. The minimum absolute atomic E-state index is 0.0288. The van der Waals surface area contributed by atoms with Crippen LogP contribution in [0.15, 0.2) is 30.5 Å². The van der Waals surface area contributed by atoms with E-state index in [0.717, 1.165) is 19.3 Å². The van der Waals surface area contributed by atoms with Crippen LogP contribution in [-0.2, 0) is 6.61 Å². The molecule has 2 aromatic rings. The zero-order chi connectivity index (χ0) is 18.3. The Kier molecular flexibility index (Phi) is 4.71. The topological polar surface area (TPSA) is 80.0 Å². The number of amides is 1. The first kappa shape index (κ1) is 17.5. The van der Waals surface area contributed by atoms with Crippen molar-refractivity contribution in [3.63, 3.8) is 0 Å². The lowest BCUT2D eigenvalue weighted by Crippen LogP contribution is -2.37. The molecular formula is C19H23ClN4O2. The van der Waals surface area contributed by atoms with Crippen molar-refractivity contribution in [3.05, 3.63) is 46.7 Å². The van der Waals surface area contributed by atoms with E-state index in [9.17, 15) is 4.79 Å². The zero-order valence-electron chi connectivity index (χ0n) is 14.7. The highest BCUT2D eigenvalue weighted by molar-refractivity contribution is 6.30. The number of nitrogens with one attached hydrogen (secondary N) is 1. The number of benzene rings is 1. The highest BCUT2D eigenvalue weighted by atomic mass is 35.5. The lowest BCUT2D eigenvalue weighted by Gasteiger charge is -2.21. The molecule has 0 radical (unpaired) electrons. The third kappa shape index (κ3) is 3.23. The van der Waals surface area contributed by atoms with Gasteiger partial charge in [0.1, 0.15) is 5.69 Å².